The van der Waals surface area contributed by atoms with Gasteiger partial charge in [0.25, 0.3) is 0 Å². The minimum absolute atomic E-state index is 0.0584. The summed E-state index contributed by atoms with van der Waals surface area (Å²) in [5.74, 6) is 1.05. The van der Waals surface area contributed by atoms with E-state index in [1.165, 1.54) is 11.0 Å². The molecule has 19 heavy (non-hydrogen) atoms. The maximum atomic E-state index is 13.5. The van der Waals surface area contributed by atoms with E-state index in [1.807, 2.05) is 19.1 Å². The molecule has 0 saturated carbocycles. The Kier molecular flexibility index (Phi) is 4.00. The number of carbonyl (C=O) groups is 1. The highest BCUT2D eigenvalue weighted by Gasteiger charge is 2.13. The summed E-state index contributed by atoms with van der Waals surface area (Å²) in [5, 5.41) is 0. The molecule has 3 nitrogen and oxygen atoms in total. The van der Waals surface area contributed by atoms with Crippen molar-refractivity contribution >= 4 is 5.91 Å². The number of rotatable bonds is 4. The zero-order valence-corrected chi connectivity index (χ0v) is 11.0. The quantitative estimate of drug-likeness (QED) is 0.847. The number of benzene rings is 1. The molecule has 100 valence electrons. The lowest BCUT2D eigenvalue weighted by atomic mass is 10.1. The second kappa shape index (κ2) is 5.69. The average Bonchev–Trinajstić information content (AvgIpc) is 2.77. The van der Waals surface area contributed by atoms with Gasteiger partial charge in [0, 0.05) is 7.05 Å². The van der Waals surface area contributed by atoms with Crippen LogP contribution in [0, 0.1) is 12.7 Å². The fourth-order valence-electron chi connectivity index (χ4n) is 1.83. The summed E-state index contributed by atoms with van der Waals surface area (Å²) >= 11 is 0. The highest BCUT2D eigenvalue weighted by atomic mass is 19.1. The van der Waals surface area contributed by atoms with Gasteiger partial charge in [-0.1, -0.05) is 18.2 Å². The third-order valence-corrected chi connectivity index (χ3v) is 2.91. The number of carbonyl (C=O) groups excluding carboxylic acids is 1. The van der Waals surface area contributed by atoms with Crippen molar-refractivity contribution in [3.05, 3.63) is 59.3 Å². The minimum Gasteiger partial charge on any atom is -0.464 e. The van der Waals surface area contributed by atoms with Crippen LogP contribution in [0.1, 0.15) is 17.1 Å². The highest BCUT2D eigenvalue weighted by Crippen LogP contribution is 2.11. The lowest BCUT2D eigenvalue weighted by Gasteiger charge is -2.16. The van der Waals surface area contributed by atoms with Gasteiger partial charge in [0.05, 0.1) is 13.0 Å². The summed E-state index contributed by atoms with van der Waals surface area (Å²) in [4.78, 5) is 13.5. The number of nitrogens with zero attached hydrogens (tertiary/aromatic N) is 1. The van der Waals surface area contributed by atoms with Crippen LogP contribution < -0.4 is 0 Å². The molecule has 1 heterocycles. The van der Waals surface area contributed by atoms with E-state index in [9.17, 15) is 9.18 Å². The van der Waals surface area contributed by atoms with Gasteiger partial charge in [-0.2, -0.15) is 0 Å². The summed E-state index contributed by atoms with van der Waals surface area (Å²) < 4.78 is 18.9. The summed E-state index contributed by atoms with van der Waals surface area (Å²) in [7, 11) is 1.68. The predicted octanol–water partition coefficient (Wildman–Crippen LogP) is 2.93. The zero-order valence-electron chi connectivity index (χ0n) is 11.0. The van der Waals surface area contributed by atoms with Crippen molar-refractivity contribution < 1.29 is 13.6 Å². The van der Waals surface area contributed by atoms with Gasteiger partial charge >= 0.3 is 0 Å². The highest BCUT2D eigenvalue weighted by molar-refractivity contribution is 5.78. The van der Waals surface area contributed by atoms with Crippen LogP contribution in [0.5, 0.6) is 0 Å². The molecule has 0 unspecified atom stereocenters. The fraction of sp³-hybridized carbons (Fsp3) is 0.267. The Morgan fingerprint density at radius 1 is 1.26 bits per heavy atom. The molecule has 0 spiro atoms. The maximum absolute atomic E-state index is 13.5. The molecule has 0 aliphatic rings. The monoisotopic (exact) mass is 261 g/mol. The van der Waals surface area contributed by atoms with Gasteiger partial charge in [0.15, 0.2) is 0 Å². The van der Waals surface area contributed by atoms with Crippen molar-refractivity contribution in [3.8, 4) is 0 Å². The van der Waals surface area contributed by atoms with Crippen LogP contribution in [0.25, 0.3) is 0 Å². The summed E-state index contributed by atoms with van der Waals surface area (Å²) in [6.45, 7) is 2.24. The molecule has 2 rings (SSSR count). The van der Waals surface area contributed by atoms with Crippen LogP contribution in [0.2, 0.25) is 0 Å². The standard InChI is InChI=1S/C15H16FNO2/c1-11-7-8-13(19-11)10-17(2)15(18)9-12-5-3-4-6-14(12)16/h3-8H,9-10H2,1-2H3. The van der Waals surface area contributed by atoms with Crippen LogP contribution >= 0.6 is 0 Å². The number of likely N-dealkylation sites (N-methyl/N-ethyl adjacent to an activating group) is 1. The van der Waals surface area contributed by atoms with Crippen molar-refractivity contribution in [1.29, 1.82) is 0 Å². The average molecular weight is 261 g/mol. The first-order valence-electron chi connectivity index (χ1n) is 6.09. The van der Waals surface area contributed by atoms with Crippen LogP contribution in [0.4, 0.5) is 4.39 Å². The third kappa shape index (κ3) is 3.44. The van der Waals surface area contributed by atoms with Crippen molar-refractivity contribution in [2.24, 2.45) is 0 Å². The second-order valence-corrected chi connectivity index (χ2v) is 4.53. The number of amides is 1. The molecule has 0 aliphatic carbocycles. The predicted molar refractivity (Wildman–Crippen MR) is 70.0 cm³/mol. The SMILES string of the molecule is Cc1ccc(CN(C)C(=O)Cc2ccccc2F)o1. The molecule has 0 radical (unpaired) electrons. The van der Waals surface area contributed by atoms with Crippen molar-refractivity contribution in [2.75, 3.05) is 7.05 Å². The Bertz CT molecular complexity index is 577. The van der Waals surface area contributed by atoms with Gasteiger partial charge < -0.3 is 9.32 Å². The first-order valence-corrected chi connectivity index (χ1v) is 6.09. The molecule has 0 saturated heterocycles. The van der Waals surface area contributed by atoms with E-state index in [4.69, 9.17) is 4.42 Å². The molecular formula is C15H16FNO2. The second-order valence-electron chi connectivity index (χ2n) is 4.53. The Labute approximate surface area is 111 Å². The molecule has 1 amide bonds. The maximum Gasteiger partial charge on any atom is 0.227 e. The molecule has 0 atom stereocenters. The third-order valence-electron chi connectivity index (χ3n) is 2.91. The molecule has 0 N–H and O–H groups in total. The van der Waals surface area contributed by atoms with Crippen LogP contribution in [0.15, 0.2) is 40.8 Å². The van der Waals surface area contributed by atoms with E-state index in [0.717, 1.165) is 11.5 Å². The molecular weight excluding hydrogens is 245 g/mol. The van der Waals surface area contributed by atoms with E-state index >= 15 is 0 Å². The fourth-order valence-corrected chi connectivity index (χ4v) is 1.83. The van der Waals surface area contributed by atoms with Crippen molar-refractivity contribution in [3.63, 3.8) is 0 Å². The summed E-state index contributed by atoms with van der Waals surface area (Å²) in [6.07, 6.45) is 0.0584. The van der Waals surface area contributed by atoms with Gasteiger partial charge in [-0.3, -0.25) is 4.79 Å². The Hall–Kier alpha value is -2.10. The number of aryl methyl sites for hydroxylation is 1. The molecule has 1 aromatic heterocycles. The van der Waals surface area contributed by atoms with E-state index in [1.54, 1.807) is 25.2 Å². The Morgan fingerprint density at radius 3 is 2.63 bits per heavy atom. The van der Waals surface area contributed by atoms with Gasteiger partial charge in [-0.05, 0) is 30.7 Å². The van der Waals surface area contributed by atoms with E-state index in [0.29, 0.717) is 12.1 Å². The molecule has 0 bridgehead atoms. The topological polar surface area (TPSA) is 33.5 Å². The van der Waals surface area contributed by atoms with Gasteiger partial charge in [-0.25, -0.2) is 4.39 Å². The van der Waals surface area contributed by atoms with Crippen LogP contribution in [-0.2, 0) is 17.8 Å². The van der Waals surface area contributed by atoms with Crippen LogP contribution in [-0.4, -0.2) is 17.9 Å². The molecule has 2 aromatic rings. The van der Waals surface area contributed by atoms with Crippen molar-refractivity contribution in [2.45, 2.75) is 19.9 Å². The van der Waals surface area contributed by atoms with Gasteiger partial charge in [-0.15, -0.1) is 0 Å². The summed E-state index contributed by atoms with van der Waals surface area (Å²) in [6, 6.07) is 10.0. The minimum atomic E-state index is -0.349. The number of hydrogen-bond acceptors (Lipinski definition) is 2. The van der Waals surface area contributed by atoms with E-state index in [2.05, 4.69) is 0 Å². The largest absolute Gasteiger partial charge is 0.464 e. The molecule has 4 heteroatoms. The van der Waals surface area contributed by atoms with Crippen molar-refractivity contribution in [1.82, 2.24) is 4.90 Å². The van der Waals surface area contributed by atoms with Gasteiger partial charge in [0.2, 0.25) is 5.91 Å². The normalized spacial score (nSPS) is 10.5. The molecule has 1 aromatic carbocycles. The molecule has 0 aliphatic heterocycles. The first kappa shape index (κ1) is 13.3. The number of halogens is 1. The smallest absolute Gasteiger partial charge is 0.227 e. The first-order chi connectivity index (χ1) is 9.06. The number of furan rings is 1. The molecule has 0 fully saturated rings. The van der Waals surface area contributed by atoms with E-state index in [-0.39, 0.29) is 18.1 Å². The zero-order chi connectivity index (χ0) is 13.8. The Morgan fingerprint density at radius 2 is 2.00 bits per heavy atom. The number of hydrogen-bond donors (Lipinski definition) is 0. The lowest BCUT2D eigenvalue weighted by Crippen LogP contribution is -2.27. The lowest BCUT2D eigenvalue weighted by molar-refractivity contribution is -0.130. The van der Waals surface area contributed by atoms with Crippen LogP contribution in [0.3, 0.4) is 0 Å². The Balaban J connectivity index is 1.98. The summed E-state index contributed by atoms with van der Waals surface area (Å²) in [5.41, 5.74) is 0.412. The van der Waals surface area contributed by atoms with Gasteiger partial charge in [0.1, 0.15) is 17.3 Å². The van der Waals surface area contributed by atoms with E-state index < -0.39 is 0 Å².